The lowest BCUT2D eigenvalue weighted by atomic mass is 10.0. The van der Waals surface area contributed by atoms with Gasteiger partial charge in [0.25, 0.3) is 0 Å². The zero-order chi connectivity index (χ0) is 10.6. The first-order valence-corrected chi connectivity index (χ1v) is 4.84. The second kappa shape index (κ2) is 5.29. The minimum atomic E-state index is -0.402. The molecule has 0 amide bonds. The van der Waals surface area contributed by atoms with E-state index in [0.717, 1.165) is 0 Å². The van der Waals surface area contributed by atoms with E-state index in [2.05, 4.69) is 0 Å². The molecule has 0 aliphatic carbocycles. The molecule has 0 aliphatic rings. The Kier molecular flexibility index (Phi) is 4.32. The van der Waals surface area contributed by atoms with Gasteiger partial charge in [0, 0.05) is 23.2 Å². The largest absolute Gasteiger partial charge is 0.396 e. The second-order valence-electron chi connectivity index (χ2n) is 3.14. The average Bonchev–Trinajstić information content (AvgIpc) is 2.18. The van der Waals surface area contributed by atoms with Gasteiger partial charge in [-0.05, 0) is 31.0 Å². The van der Waals surface area contributed by atoms with Crippen molar-refractivity contribution in [2.75, 3.05) is 6.61 Å². The molecule has 0 bridgehead atoms. The molecule has 0 saturated heterocycles. The van der Waals surface area contributed by atoms with Crippen LogP contribution >= 0.6 is 11.6 Å². The topological polar surface area (TPSA) is 46.2 Å². The van der Waals surface area contributed by atoms with Crippen molar-refractivity contribution >= 4 is 11.6 Å². The molecule has 14 heavy (non-hydrogen) atoms. The molecule has 0 saturated carbocycles. The fraction of sp³-hybridized carbons (Fsp3) is 0.400. The maximum absolute atomic E-state index is 13.2. The van der Waals surface area contributed by atoms with E-state index in [4.69, 9.17) is 22.4 Å². The molecule has 0 aliphatic heterocycles. The van der Waals surface area contributed by atoms with Crippen molar-refractivity contribution in [1.29, 1.82) is 0 Å². The van der Waals surface area contributed by atoms with Crippen molar-refractivity contribution in [2.45, 2.75) is 18.9 Å². The number of hydrogen-bond donors (Lipinski definition) is 2. The smallest absolute Gasteiger partial charge is 0.128 e. The van der Waals surface area contributed by atoms with Crippen molar-refractivity contribution < 1.29 is 9.50 Å². The van der Waals surface area contributed by atoms with Gasteiger partial charge in [0.05, 0.1) is 0 Å². The first-order chi connectivity index (χ1) is 6.65. The Bertz CT molecular complexity index is 306. The summed E-state index contributed by atoms with van der Waals surface area (Å²) in [6.07, 6.45) is 1.11. The highest BCUT2D eigenvalue weighted by Gasteiger charge is 2.11. The molecule has 1 aromatic carbocycles. The van der Waals surface area contributed by atoms with Gasteiger partial charge in [-0.25, -0.2) is 4.39 Å². The van der Waals surface area contributed by atoms with Crippen LogP contribution in [-0.2, 0) is 0 Å². The third kappa shape index (κ3) is 2.94. The lowest BCUT2D eigenvalue weighted by Gasteiger charge is -2.12. The van der Waals surface area contributed by atoms with Gasteiger partial charge in [-0.3, -0.25) is 0 Å². The Morgan fingerprint density at radius 1 is 1.50 bits per heavy atom. The molecule has 1 rings (SSSR count). The van der Waals surface area contributed by atoms with E-state index in [1.807, 2.05) is 0 Å². The number of nitrogens with two attached hydrogens (primary N) is 1. The molecule has 0 unspecified atom stereocenters. The number of aliphatic hydroxyl groups is 1. The normalized spacial score (nSPS) is 12.9. The number of hydrogen-bond acceptors (Lipinski definition) is 2. The molecule has 3 N–H and O–H groups in total. The minimum absolute atomic E-state index is 0.0654. The van der Waals surface area contributed by atoms with Gasteiger partial charge < -0.3 is 10.8 Å². The monoisotopic (exact) mass is 217 g/mol. The number of rotatable bonds is 4. The van der Waals surface area contributed by atoms with E-state index in [0.29, 0.717) is 23.4 Å². The van der Waals surface area contributed by atoms with Crippen molar-refractivity contribution in [3.05, 3.63) is 34.6 Å². The minimum Gasteiger partial charge on any atom is -0.396 e. The van der Waals surface area contributed by atoms with Crippen LogP contribution in [0.1, 0.15) is 24.4 Å². The van der Waals surface area contributed by atoms with Gasteiger partial charge in [-0.1, -0.05) is 11.6 Å². The fourth-order valence-electron chi connectivity index (χ4n) is 1.27. The predicted octanol–water partition coefficient (Wildman–Crippen LogP) is 2.25. The summed E-state index contributed by atoms with van der Waals surface area (Å²) in [5, 5.41) is 9.08. The molecular formula is C10H13ClFNO. The molecule has 1 aromatic rings. The van der Waals surface area contributed by atoms with Crippen molar-refractivity contribution in [3.63, 3.8) is 0 Å². The summed E-state index contributed by atoms with van der Waals surface area (Å²) in [5.74, 6) is -0.347. The molecule has 4 heteroatoms. The van der Waals surface area contributed by atoms with Gasteiger partial charge in [0.2, 0.25) is 0 Å². The van der Waals surface area contributed by atoms with Crippen LogP contribution in [0.5, 0.6) is 0 Å². The summed E-state index contributed by atoms with van der Waals surface area (Å²) in [4.78, 5) is 0. The summed E-state index contributed by atoms with van der Waals surface area (Å²) >= 11 is 5.72. The highest BCUT2D eigenvalue weighted by molar-refractivity contribution is 6.30. The lowest BCUT2D eigenvalue weighted by Crippen LogP contribution is -2.12. The molecule has 2 nitrogen and oxygen atoms in total. The average molecular weight is 218 g/mol. The SMILES string of the molecule is N[C@@H](CCCO)c1cc(Cl)ccc1F. The van der Waals surface area contributed by atoms with Gasteiger partial charge >= 0.3 is 0 Å². The van der Waals surface area contributed by atoms with Gasteiger partial charge in [0.1, 0.15) is 5.82 Å². The number of benzene rings is 1. The highest BCUT2D eigenvalue weighted by atomic mass is 35.5. The Morgan fingerprint density at radius 3 is 2.86 bits per heavy atom. The van der Waals surface area contributed by atoms with E-state index in [1.54, 1.807) is 0 Å². The quantitative estimate of drug-likeness (QED) is 0.813. The lowest BCUT2D eigenvalue weighted by molar-refractivity contribution is 0.279. The van der Waals surface area contributed by atoms with E-state index >= 15 is 0 Å². The van der Waals surface area contributed by atoms with Crippen LogP contribution in [0.4, 0.5) is 4.39 Å². The van der Waals surface area contributed by atoms with Crippen molar-refractivity contribution in [2.24, 2.45) is 5.73 Å². The first-order valence-electron chi connectivity index (χ1n) is 4.46. The Balaban J connectivity index is 2.77. The van der Waals surface area contributed by atoms with Gasteiger partial charge in [-0.15, -0.1) is 0 Å². The van der Waals surface area contributed by atoms with Crippen LogP contribution in [0.2, 0.25) is 5.02 Å². The summed E-state index contributed by atoms with van der Waals surface area (Å²) in [6.45, 7) is 0.0654. The summed E-state index contributed by atoms with van der Waals surface area (Å²) < 4.78 is 13.2. The molecule has 0 heterocycles. The Morgan fingerprint density at radius 2 is 2.21 bits per heavy atom. The van der Waals surface area contributed by atoms with Crippen LogP contribution in [0, 0.1) is 5.82 Å². The first kappa shape index (κ1) is 11.4. The predicted molar refractivity (Wildman–Crippen MR) is 54.7 cm³/mol. The van der Waals surface area contributed by atoms with Crippen LogP contribution in [0.3, 0.4) is 0 Å². The molecule has 0 spiro atoms. The molecular weight excluding hydrogens is 205 g/mol. The molecule has 0 radical (unpaired) electrons. The fourth-order valence-corrected chi connectivity index (χ4v) is 1.45. The van der Waals surface area contributed by atoms with Gasteiger partial charge in [0.15, 0.2) is 0 Å². The summed E-state index contributed by atoms with van der Waals surface area (Å²) in [7, 11) is 0. The van der Waals surface area contributed by atoms with E-state index in [-0.39, 0.29) is 12.4 Å². The van der Waals surface area contributed by atoms with Crippen LogP contribution in [0.15, 0.2) is 18.2 Å². The number of halogens is 2. The van der Waals surface area contributed by atoms with Crippen molar-refractivity contribution in [1.82, 2.24) is 0 Å². The number of aliphatic hydroxyl groups excluding tert-OH is 1. The highest BCUT2D eigenvalue weighted by Crippen LogP contribution is 2.22. The zero-order valence-electron chi connectivity index (χ0n) is 7.71. The van der Waals surface area contributed by atoms with Crippen molar-refractivity contribution in [3.8, 4) is 0 Å². The van der Waals surface area contributed by atoms with Crippen LogP contribution in [-0.4, -0.2) is 11.7 Å². The standard InChI is InChI=1S/C10H13ClFNO/c11-7-3-4-9(12)8(6-7)10(13)2-1-5-14/h3-4,6,10,14H,1-2,5,13H2/t10-/m0/s1. The van der Waals surface area contributed by atoms with Crippen LogP contribution in [0.25, 0.3) is 0 Å². The second-order valence-corrected chi connectivity index (χ2v) is 3.57. The Labute approximate surface area is 87.5 Å². The maximum atomic E-state index is 13.2. The van der Waals surface area contributed by atoms with Gasteiger partial charge in [-0.2, -0.15) is 0 Å². The third-order valence-corrected chi connectivity index (χ3v) is 2.27. The molecule has 78 valence electrons. The summed E-state index contributed by atoms with van der Waals surface area (Å²) in [6, 6.07) is 3.91. The maximum Gasteiger partial charge on any atom is 0.128 e. The van der Waals surface area contributed by atoms with Crippen LogP contribution < -0.4 is 5.73 Å². The molecule has 1 atom stereocenters. The van der Waals surface area contributed by atoms with E-state index in [9.17, 15) is 4.39 Å². The van der Waals surface area contributed by atoms with E-state index in [1.165, 1.54) is 18.2 Å². The third-order valence-electron chi connectivity index (χ3n) is 2.03. The zero-order valence-corrected chi connectivity index (χ0v) is 8.47. The molecule has 0 aromatic heterocycles. The Hall–Kier alpha value is -0.640. The van der Waals surface area contributed by atoms with E-state index < -0.39 is 6.04 Å². The summed E-state index contributed by atoms with van der Waals surface area (Å²) in [5.41, 5.74) is 6.15. The molecule has 0 fully saturated rings.